The Labute approximate surface area is 112 Å². The van der Waals surface area contributed by atoms with E-state index in [9.17, 15) is 4.79 Å². The molecule has 1 amide bonds. The number of fused-ring (bicyclic) bond motifs is 1. The van der Waals surface area contributed by atoms with E-state index in [1.54, 1.807) is 0 Å². The van der Waals surface area contributed by atoms with Crippen LogP contribution in [0.2, 0.25) is 0 Å². The Balaban J connectivity index is 1.72. The molecule has 0 saturated carbocycles. The van der Waals surface area contributed by atoms with Crippen LogP contribution in [0.1, 0.15) is 20.3 Å². The van der Waals surface area contributed by atoms with E-state index in [0.717, 1.165) is 30.1 Å². The molecule has 2 aliphatic rings. The van der Waals surface area contributed by atoms with Crippen molar-refractivity contribution in [2.24, 2.45) is 0 Å². The van der Waals surface area contributed by atoms with E-state index in [-0.39, 0.29) is 18.1 Å². The van der Waals surface area contributed by atoms with Gasteiger partial charge >= 0.3 is 0 Å². The second kappa shape index (κ2) is 4.42. The fraction of sp³-hybridized carbons (Fsp3) is 0.500. The van der Waals surface area contributed by atoms with Crippen molar-refractivity contribution in [2.75, 3.05) is 23.8 Å². The molecule has 3 rings (SSSR count). The third-order valence-corrected chi connectivity index (χ3v) is 3.57. The zero-order valence-corrected chi connectivity index (χ0v) is 11.2. The topological polar surface area (TPSA) is 62.4 Å². The highest BCUT2D eigenvalue weighted by atomic mass is 16.5. The fourth-order valence-corrected chi connectivity index (χ4v) is 2.67. The monoisotopic (exact) mass is 261 g/mol. The van der Waals surface area contributed by atoms with Gasteiger partial charge in [0, 0.05) is 23.8 Å². The molecule has 2 aliphatic heterocycles. The molecule has 5 heteroatoms. The zero-order chi connectivity index (χ0) is 13.5. The van der Waals surface area contributed by atoms with Gasteiger partial charge < -0.3 is 20.7 Å². The summed E-state index contributed by atoms with van der Waals surface area (Å²) in [5.41, 5.74) is 1.93. The maximum absolute atomic E-state index is 11.3. The van der Waals surface area contributed by atoms with E-state index in [1.165, 1.54) is 0 Å². The lowest BCUT2D eigenvalue weighted by Crippen LogP contribution is -2.31. The molecular weight excluding hydrogens is 242 g/mol. The number of amides is 1. The Kier molecular flexibility index (Phi) is 2.86. The average molecular weight is 261 g/mol. The van der Waals surface area contributed by atoms with Crippen molar-refractivity contribution in [3.63, 3.8) is 0 Å². The lowest BCUT2D eigenvalue weighted by molar-refractivity contribution is -0.118. The highest BCUT2D eigenvalue weighted by Crippen LogP contribution is 2.31. The van der Waals surface area contributed by atoms with E-state index in [4.69, 9.17) is 4.74 Å². The second-order valence-corrected chi connectivity index (χ2v) is 5.86. The standard InChI is InChI=1S/C14H19N3O2/c1-14(2)6-10(7-15-14)16-9-3-4-12-11(5-9)17-13(18)8-19-12/h3-5,10,15-16H,6-8H2,1-2H3,(H,17,18). The molecule has 3 N–H and O–H groups in total. The maximum atomic E-state index is 11.3. The molecular formula is C14H19N3O2. The maximum Gasteiger partial charge on any atom is 0.262 e. The molecule has 19 heavy (non-hydrogen) atoms. The fourth-order valence-electron chi connectivity index (χ4n) is 2.67. The predicted molar refractivity (Wildman–Crippen MR) is 74.7 cm³/mol. The molecule has 1 aromatic carbocycles. The van der Waals surface area contributed by atoms with E-state index in [0.29, 0.717) is 6.04 Å². The third-order valence-electron chi connectivity index (χ3n) is 3.57. The van der Waals surface area contributed by atoms with Crippen molar-refractivity contribution in [1.82, 2.24) is 5.32 Å². The van der Waals surface area contributed by atoms with Gasteiger partial charge in [-0.3, -0.25) is 4.79 Å². The van der Waals surface area contributed by atoms with Crippen molar-refractivity contribution in [1.29, 1.82) is 0 Å². The van der Waals surface area contributed by atoms with Crippen LogP contribution in [0.5, 0.6) is 5.75 Å². The molecule has 1 atom stereocenters. The Morgan fingerprint density at radius 2 is 2.26 bits per heavy atom. The van der Waals surface area contributed by atoms with Gasteiger partial charge in [0.1, 0.15) is 5.75 Å². The highest BCUT2D eigenvalue weighted by Gasteiger charge is 2.30. The largest absolute Gasteiger partial charge is 0.482 e. The van der Waals surface area contributed by atoms with Crippen molar-refractivity contribution in [3.8, 4) is 5.75 Å². The van der Waals surface area contributed by atoms with Crippen LogP contribution >= 0.6 is 0 Å². The van der Waals surface area contributed by atoms with Crippen molar-refractivity contribution in [2.45, 2.75) is 31.8 Å². The number of hydrogen-bond donors (Lipinski definition) is 3. The van der Waals surface area contributed by atoms with Gasteiger partial charge in [0.2, 0.25) is 0 Å². The van der Waals surface area contributed by atoms with Crippen molar-refractivity contribution < 1.29 is 9.53 Å². The summed E-state index contributed by atoms with van der Waals surface area (Å²) >= 11 is 0. The third kappa shape index (κ3) is 2.66. The van der Waals surface area contributed by atoms with Crippen molar-refractivity contribution in [3.05, 3.63) is 18.2 Å². The Morgan fingerprint density at radius 1 is 1.42 bits per heavy atom. The number of ether oxygens (including phenoxy) is 1. The molecule has 0 spiro atoms. The van der Waals surface area contributed by atoms with Gasteiger partial charge in [0.15, 0.2) is 6.61 Å². The molecule has 1 saturated heterocycles. The zero-order valence-electron chi connectivity index (χ0n) is 11.2. The molecule has 0 aliphatic carbocycles. The Hall–Kier alpha value is -1.75. The number of hydrogen-bond acceptors (Lipinski definition) is 4. The number of carbonyl (C=O) groups excluding carboxylic acids is 1. The number of anilines is 2. The first-order valence-corrected chi connectivity index (χ1v) is 6.60. The summed E-state index contributed by atoms with van der Waals surface area (Å²) in [6.45, 7) is 5.46. The predicted octanol–water partition coefficient (Wildman–Crippen LogP) is 1.57. The first-order chi connectivity index (χ1) is 9.02. The van der Waals surface area contributed by atoms with Gasteiger partial charge in [-0.2, -0.15) is 0 Å². The van der Waals surface area contributed by atoms with E-state index >= 15 is 0 Å². The minimum atomic E-state index is -0.103. The summed E-state index contributed by atoms with van der Waals surface area (Å²) in [5.74, 6) is 0.628. The summed E-state index contributed by atoms with van der Waals surface area (Å²) in [6, 6.07) is 6.22. The first kappa shape index (κ1) is 12.3. The van der Waals surface area contributed by atoms with E-state index in [1.807, 2.05) is 18.2 Å². The summed E-state index contributed by atoms with van der Waals surface area (Å²) in [4.78, 5) is 11.3. The molecule has 0 aromatic heterocycles. The van der Waals surface area contributed by atoms with Crippen LogP contribution < -0.4 is 20.7 Å². The molecule has 1 unspecified atom stereocenters. The number of benzene rings is 1. The van der Waals surface area contributed by atoms with Crippen LogP contribution in [0.25, 0.3) is 0 Å². The van der Waals surface area contributed by atoms with Gasteiger partial charge in [-0.15, -0.1) is 0 Å². The average Bonchev–Trinajstić information content (AvgIpc) is 2.68. The molecule has 0 bridgehead atoms. The Morgan fingerprint density at radius 3 is 3.00 bits per heavy atom. The summed E-state index contributed by atoms with van der Waals surface area (Å²) in [7, 11) is 0. The highest BCUT2D eigenvalue weighted by molar-refractivity contribution is 5.96. The van der Waals surface area contributed by atoms with Gasteiger partial charge in [-0.05, 0) is 38.5 Å². The molecule has 1 aromatic rings. The lowest BCUT2D eigenvalue weighted by Gasteiger charge is -2.21. The SMILES string of the molecule is CC1(C)CC(Nc2ccc3c(c2)NC(=O)CO3)CN1. The van der Waals surface area contributed by atoms with Crippen LogP contribution in [0.15, 0.2) is 18.2 Å². The smallest absolute Gasteiger partial charge is 0.262 e. The molecule has 102 valence electrons. The Bertz CT molecular complexity index is 513. The van der Waals surface area contributed by atoms with Crippen LogP contribution in [0, 0.1) is 0 Å². The van der Waals surface area contributed by atoms with Gasteiger partial charge in [0.05, 0.1) is 5.69 Å². The van der Waals surface area contributed by atoms with E-state index in [2.05, 4.69) is 29.8 Å². The number of rotatable bonds is 2. The van der Waals surface area contributed by atoms with Crippen LogP contribution in [0.3, 0.4) is 0 Å². The van der Waals surface area contributed by atoms with Gasteiger partial charge in [0.25, 0.3) is 5.91 Å². The minimum Gasteiger partial charge on any atom is -0.482 e. The van der Waals surface area contributed by atoms with Crippen LogP contribution in [-0.2, 0) is 4.79 Å². The number of nitrogens with one attached hydrogen (secondary N) is 3. The van der Waals surface area contributed by atoms with Gasteiger partial charge in [-0.1, -0.05) is 0 Å². The molecule has 1 fully saturated rings. The summed E-state index contributed by atoms with van der Waals surface area (Å²) in [5, 5.41) is 9.79. The molecule has 0 radical (unpaired) electrons. The van der Waals surface area contributed by atoms with Crippen molar-refractivity contribution >= 4 is 17.3 Å². The van der Waals surface area contributed by atoms with Crippen LogP contribution in [0.4, 0.5) is 11.4 Å². The first-order valence-electron chi connectivity index (χ1n) is 6.60. The lowest BCUT2D eigenvalue weighted by atomic mass is 10.0. The normalized spacial score (nSPS) is 24.3. The quantitative estimate of drug-likeness (QED) is 0.756. The minimum absolute atomic E-state index is 0.0977. The van der Waals surface area contributed by atoms with E-state index < -0.39 is 0 Å². The molecule has 2 heterocycles. The number of carbonyl (C=O) groups is 1. The second-order valence-electron chi connectivity index (χ2n) is 5.86. The summed E-state index contributed by atoms with van der Waals surface area (Å²) < 4.78 is 5.34. The van der Waals surface area contributed by atoms with Gasteiger partial charge in [-0.25, -0.2) is 0 Å². The molecule has 5 nitrogen and oxygen atoms in total. The summed E-state index contributed by atoms with van der Waals surface area (Å²) in [6.07, 6.45) is 1.08. The van der Waals surface area contributed by atoms with Crippen LogP contribution in [-0.4, -0.2) is 30.6 Å².